The summed E-state index contributed by atoms with van der Waals surface area (Å²) in [4.78, 5) is 36.8. The molecule has 1 aliphatic carbocycles. The van der Waals surface area contributed by atoms with Crippen LogP contribution in [0.3, 0.4) is 0 Å². The lowest BCUT2D eigenvalue weighted by Gasteiger charge is -2.07. The van der Waals surface area contributed by atoms with E-state index in [2.05, 4.69) is 20.3 Å². The average Bonchev–Trinajstić information content (AvgIpc) is 3.57. The molecule has 1 amide bonds. The van der Waals surface area contributed by atoms with E-state index in [4.69, 9.17) is 4.42 Å². The van der Waals surface area contributed by atoms with Crippen molar-refractivity contribution >= 4 is 11.6 Å². The maximum Gasteiger partial charge on any atom is 0.277 e. The van der Waals surface area contributed by atoms with E-state index in [-0.39, 0.29) is 17.4 Å². The minimum absolute atomic E-state index is 0.202. The number of nitrogens with one attached hydrogen (secondary N) is 2. The van der Waals surface area contributed by atoms with Crippen molar-refractivity contribution in [1.29, 1.82) is 0 Å². The number of benzene rings is 2. The Morgan fingerprint density at radius 3 is 2.59 bits per heavy atom. The molecule has 0 unspecified atom stereocenters. The van der Waals surface area contributed by atoms with Crippen LogP contribution in [-0.2, 0) is 6.42 Å². The Labute approximate surface area is 184 Å². The second kappa shape index (κ2) is 8.26. The van der Waals surface area contributed by atoms with Gasteiger partial charge in [-0.25, -0.2) is 9.97 Å². The highest BCUT2D eigenvalue weighted by Crippen LogP contribution is 2.43. The largest absolute Gasteiger partial charge is 0.440 e. The van der Waals surface area contributed by atoms with Crippen LogP contribution in [-0.4, -0.2) is 20.9 Å². The molecule has 160 valence electrons. The first-order valence-corrected chi connectivity index (χ1v) is 10.7. The first kappa shape index (κ1) is 19.9. The molecule has 0 bridgehead atoms. The number of H-pyrrole nitrogens is 1. The van der Waals surface area contributed by atoms with Gasteiger partial charge in [0.15, 0.2) is 5.69 Å². The van der Waals surface area contributed by atoms with Crippen molar-refractivity contribution in [2.75, 3.05) is 5.32 Å². The van der Waals surface area contributed by atoms with Crippen LogP contribution >= 0.6 is 0 Å². The summed E-state index contributed by atoms with van der Waals surface area (Å²) >= 11 is 0. The third-order valence-corrected chi connectivity index (χ3v) is 5.39. The van der Waals surface area contributed by atoms with Gasteiger partial charge in [0.05, 0.1) is 0 Å². The SMILES string of the molecule is CCc1cc(=O)[nH]c(-c2cccc(NC(=O)c3nc(-c4ccccc4)oc3C3CC3)c2)n1. The normalized spacial score (nSPS) is 13.2. The van der Waals surface area contributed by atoms with Gasteiger partial charge in [0.2, 0.25) is 5.89 Å². The molecule has 2 N–H and O–H groups in total. The summed E-state index contributed by atoms with van der Waals surface area (Å²) in [5.41, 5.74) is 2.96. The number of carbonyl (C=O) groups excluding carboxylic acids is 1. The molecule has 2 aromatic heterocycles. The summed E-state index contributed by atoms with van der Waals surface area (Å²) in [6.07, 6.45) is 2.64. The maximum atomic E-state index is 13.1. The molecule has 7 nitrogen and oxygen atoms in total. The van der Waals surface area contributed by atoms with E-state index in [1.807, 2.05) is 49.4 Å². The van der Waals surface area contributed by atoms with Gasteiger partial charge in [-0.3, -0.25) is 9.59 Å². The Morgan fingerprint density at radius 2 is 1.84 bits per heavy atom. The first-order chi connectivity index (χ1) is 15.6. The number of anilines is 1. The smallest absolute Gasteiger partial charge is 0.277 e. The van der Waals surface area contributed by atoms with E-state index in [0.29, 0.717) is 46.5 Å². The molecule has 5 rings (SSSR count). The maximum absolute atomic E-state index is 13.1. The predicted molar refractivity (Wildman–Crippen MR) is 122 cm³/mol. The van der Waals surface area contributed by atoms with Gasteiger partial charge >= 0.3 is 0 Å². The van der Waals surface area contributed by atoms with E-state index < -0.39 is 0 Å². The third kappa shape index (κ3) is 4.09. The summed E-state index contributed by atoms with van der Waals surface area (Å²) in [5.74, 6) is 1.47. The summed E-state index contributed by atoms with van der Waals surface area (Å²) in [6, 6.07) is 18.3. The number of oxazole rings is 1. The second-order valence-corrected chi connectivity index (χ2v) is 7.85. The minimum atomic E-state index is -0.321. The third-order valence-electron chi connectivity index (χ3n) is 5.39. The van der Waals surface area contributed by atoms with E-state index in [9.17, 15) is 9.59 Å². The van der Waals surface area contributed by atoms with Gasteiger partial charge in [-0.1, -0.05) is 37.3 Å². The van der Waals surface area contributed by atoms with Gasteiger partial charge in [-0.15, -0.1) is 0 Å². The van der Waals surface area contributed by atoms with Crippen LogP contribution in [0.4, 0.5) is 5.69 Å². The predicted octanol–water partition coefficient (Wildman–Crippen LogP) is 4.78. The van der Waals surface area contributed by atoms with E-state index in [0.717, 1.165) is 18.4 Å². The van der Waals surface area contributed by atoms with Gasteiger partial charge in [0, 0.05) is 34.5 Å². The lowest BCUT2D eigenvalue weighted by molar-refractivity contribution is 0.102. The fourth-order valence-corrected chi connectivity index (χ4v) is 3.58. The average molecular weight is 426 g/mol. The Balaban J connectivity index is 1.44. The summed E-state index contributed by atoms with van der Waals surface area (Å²) in [7, 11) is 0. The van der Waals surface area contributed by atoms with Gasteiger partial charge in [0.1, 0.15) is 11.6 Å². The van der Waals surface area contributed by atoms with Gasteiger partial charge in [0.25, 0.3) is 11.5 Å². The lowest BCUT2D eigenvalue weighted by atomic mass is 10.1. The molecule has 1 fully saturated rings. The molecule has 0 saturated heterocycles. The summed E-state index contributed by atoms with van der Waals surface area (Å²) in [6.45, 7) is 1.95. The highest BCUT2D eigenvalue weighted by atomic mass is 16.4. The zero-order chi connectivity index (χ0) is 22.1. The van der Waals surface area contributed by atoms with Crippen LogP contribution in [0.2, 0.25) is 0 Å². The molecule has 7 heteroatoms. The first-order valence-electron chi connectivity index (χ1n) is 10.7. The van der Waals surface area contributed by atoms with Crippen molar-refractivity contribution in [1.82, 2.24) is 15.0 Å². The lowest BCUT2D eigenvalue weighted by Crippen LogP contribution is -2.14. The number of carbonyl (C=O) groups is 1. The number of aryl methyl sites for hydroxylation is 1. The molecule has 1 aliphatic rings. The topological polar surface area (TPSA) is 101 Å². The van der Waals surface area contributed by atoms with Crippen molar-refractivity contribution in [2.24, 2.45) is 0 Å². The van der Waals surface area contributed by atoms with Crippen molar-refractivity contribution in [3.05, 3.63) is 88.2 Å². The van der Waals surface area contributed by atoms with Crippen LogP contribution in [0.5, 0.6) is 0 Å². The molecule has 32 heavy (non-hydrogen) atoms. The molecule has 0 spiro atoms. The van der Waals surface area contributed by atoms with E-state index in [1.54, 1.807) is 12.1 Å². The van der Waals surface area contributed by atoms with Crippen molar-refractivity contribution in [3.63, 3.8) is 0 Å². The monoisotopic (exact) mass is 426 g/mol. The van der Waals surface area contributed by atoms with E-state index in [1.165, 1.54) is 6.07 Å². The molecule has 2 aromatic carbocycles. The molecule has 2 heterocycles. The summed E-state index contributed by atoms with van der Waals surface area (Å²) < 4.78 is 5.99. The van der Waals surface area contributed by atoms with Crippen LogP contribution < -0.4 is 10.9 Å². The van der Waals surface area contributed by atoms with Crippen LogP contribution in [0, 0.1) is 0 Å². The van der Waals surface area contributed by atoms with Crippen LogP contribution in [0.15, 0.2) is 69.9 Å². The number of hydrogen-bond acceptors (Lipinski definition) is 5. The van der Waals surface area contributed by atoms with Gasteiger partial charge in [-0.2, -0.15) is 0 Å². The number of hydrogen-bond donors (Lipinski definition) is 2. The van der Waals surface area contributed by atoms with Crippen molar-refractivity contribution < 1.29 is 9.21 Å². The Kier molecular flexibility index (Phi) is 5.15. The van der Waals surface area contributed by atoms with Gasteiger partial charge < -0.3 is 14.7 Å². The zero-order valence-corrected chi connectivity index (χ0v) is 17.6. The molecule has 4 aromatic rings. The van der Waals surface area contributed by atoms with Crippen molar-refractivity contribution in [3.8, 4) is 22.8 Å². The Morgan fingerprint density at radius 1 is 1.06 bits per heavy atom. The highest BCUT2D eigenvalue weighted by molar-refractivity contribution is 6.04. The Hall–Kier alpha value is -4.00. The molecule has 0 radical (unpaired) electrons. The Bertz CT molecular complexity index is 1340. The molecular weight excluding hydrogens is 404 g/mol. The number of aromatic nitrogens is 3. The van der Waals surface area contributed by atoms with E-state index >= 15 is 0 Å². The molecule has 0 aliphatic heterocycles. The molecular formula is C25H22N4O3. The van der Waals surface area contributed by atoms with Gasteiger partial charge in [-0.05, 0) is 43.5 Å². The number of aromatic amines is 1. The number of nitrogens with zero attached hydrogens (tertiary/aromatic N) is 2. The van der Waals surface area contributed by atoms with Crippen molar-refractivity contribution in [2.45, 2.75) is 32.1 Å². The quantitative estimate of drug-likeness (QED) is 0.462. The fourth-order valence-electron chi connectivity index (χ4n) is 3.58. The molecule has 1 saturated carbocycles. The minimum Gasteiger partial charge on any atom is -0.440 e. The highest BCUT2D eigenvalue weighted by Gasteiger charge is 2.34. The summed E-state index contributed by atoms with van der Waals surface area (Å²) in [5, 5.41) is 2.92. The second-order valence-electron chi connectivity index (χ2n) is 7.85. The van der Waals surface area contributed by atoms with Crippen LogP contribution in [0.25, 0.3) is 22.8 Å². The number of rotatable bonds is 6. The fraction of sp³-hybridized carbons (Fsp3) is 0.200. The standard InChI is InChI=1S/C25H22N4O3/c1-2-18-14-20(30)28-23(26-18)17-9-6-10-19(13-17)27-24(31)21-22(15-11-12-15)32-25(29-21)16-7-4-3-5-8-16/h3-10,13-15H,2,11-12H2,1H3,(H,27,31)(H,26,28,30). The molecule has 0 atom stereocenters. The number of amides is 1. The van der Waals surface area contributed by atoms with Crippen LogP contribution in [0.1, 0.15) is 47.6 Å². The zero-order valence-electron chi connectivity index (χ0n) is 17.6.